The van der Waals surface area contributed by atoms with Gasteiger partial charge in [0.05, 0.1) is 6.42 Å². The first-order valence-electron chi connectivity index (χ1n) is 6.25. The predicted molar refractivity (Wildman–Crippen MR) is 64.6 cm³/mol. The Morgan fingerprint density at radius 2 is 2.06 bits per heavy atom. The molecule has 94 valence electrons. The van der Waals surface area contributed by atoms with Gasteiger partial charge in [0.2, 0.25) is 0 Å². The van der Waals surface area contributed by atoms with E-state index in [1.807, 2.05) is 0 Å². The summed E-state index contributed by atoms with van der Waals surface area (Å²) in [5.41, 5.74) is 0. The van der Waals surface area contributed by atoms with Crippen LogP contribution in [0.2, 0.25) is 0 Å². The number of aliphatic carboxylic acids is 1. The number of carboxylic acid groups (broad SMARTS) is 1. The Bertz CT molecular complexity index is 211. The van der Waals surface area contributed by atoms with Crippen molar-refractivity contribution in [2.75, 3.05) is 26.2 Å². The van der Waals surface area contributed by atoms with Crippen molar-refractivity contribution in [3.63, 3.8) is 0 Å². The van der Waals surface area contributed by atoms with E-state index in [1.165, 1.54) is 6.54 Å². The zero-order valence-electron chi connectivity index (χ0n) is 10.4. The normalized spacial score (nSPS) is 19.2. The fourth-order valence-electron chi connectivity index (χ4n) is 2.22. The van der Waals surface area contributed by atoms with Crippen molar-refractivity contribution < 1.29 is 9.90 Å². The number of nitrogens with one attached hydrogen (secondary N) is 1. The van der Waals surface area contributed by atoms with E-state index in [9.17, 15) is 4.79 Å². The molecular formula is C12H24N2O2. The van der Waals surface area contributed by atoms with Crippen molar-refractivity contribution in [2.24, 2.45) is 5.92 Å². The lowest BCUT2D eigenvalue weighted by atomic mass is 10.0. The zero-order chi connectivity index (χ0) is 12.0. The Balaban J connectivity index is 2.09. The van der Waals surface area contributed by atoms with E-state index in [2.05, 4.69) is 24.1 Å². The fourth-order valence-corrected chi connectivity index (χ4v) is 2.22. The molecule has 0 aromatic carbocycles. The molecule has 0 aromatic heterocycles. The molecule has 4 nitrogen and oxygen atoms in total. The van der Waals surface area contributed by atoms with E-state index in [0.717, 1.165) is 31.8 Å². The van der Waals surface area contributed by atoms with Crippen LogP contribution in [-0.4, -0.2) is 48.2 Å². The molecule has 1 heterocycles. The van der Waals surface area contributed by atoms with Gasteiger partial charge >= 0.3 is 5.97 Å². The number of nitrogens with zero attached hydrogens (tertiary/aromatic N) is 1. The Kier molecular flexibility index (Phi) is 5.77. The lowest BCUT2D eigenvalue weighted by Crippen LogP contribution is -2.44. The lowest BCUT2D eigenvalue weighted by Gasteiger charge is -2.33. The first-order valence-corrected chi connectivity index (χ1v) is 6.25. The van der Waals surface area contributed by atoms with Gasteiger partial charge in [0, 0.05) is 19.1 Å². The number of hydrogen-bond acceptors (Lipinski definition) is 3. The SMILES string of the molecule is CC(C)CN1CCC(NCCC(=O)O)CC1. The zero-order valence-corrected chi connectivity index (χ0v) is 10.4. The molecule has 0 unspecified atom stereocenters. The number of carboxylic acids is 1. The highest BCUT2D eigenvalue weighted by Gasteiger charge is 2.18. The van der Waals surface area contributed by atoms with E-state index in [4.69, 9.17) is 5.11 Å². The van der Waals surface area contributed by atoms with Crippen molar-refractivity contribution in [3.05, 3.63) is 0 Å². The van der Waals surface area contributed by atoms with Crippen LogP contribution in [0, 0.1) is 5.92 Å². The van der Waals surface area contributed by atoms with Gasteiger partial charge in [-0.1, -0.05) is 13.8 Å². The fraction of sp³-hybridized carbons (Fsp3) is 0.917. The van der Waals surface area contributed by atoms with Crippen LogP contribution in [0.1, 0.15) is 33.1 Å². The molecule has 0 amide bonds. The summed E-state index contributed by atoms with van der Waals surface area (Å²) in [6.07, 6.45) is 2.52. The molecule has 16 heavy (non-hydrogen) atoms. The third-order valence-corrected chi connectivity index (χ3v) is 2.98. The van der Waals surface area contributed by atoms with Gasteiger partial charge < -0.3 is 15.3 Å². The molecule has 1 fully saturated rings. The summed E-state index contributed by atoms with van der Waals surface area (Å²) in [4.78, 5) is 12.9. The molecule has 1 aliphatic rings. The monoisotopic (exact) mass is 228 g/mol. The summed E-state index contributed by atoms with van der Waals surface area (Å²) < 4.78 is 0. The minimum Gasteiger partial charge on any atom is -0.481 e. The van der Waals surface area contributed by atoms with Gasteiger partial charge in [-0.05, 0) is 31.8 Å². The number of hydrogen-bond donors (Lipinski definition) is 2. The molecule has 1 saturated heterocycles. The molecule has 1 rings (SSSR count). The van der Waals surface area contributed by atoms with Gasteiger partial charge in [-0.25, -0.2) is 0 Å². The highest BCUT2D eigenvalue weighted by molar-refractivity contribution is 5.66. The van der Waals surface area contributed by atoms with Gasteiger partial charge in [-0.15, -0.1) is 0 Å². The van der Waals surface area contributed by atoms with Crippen LogP contribution in [0.25, 0.3) is 0 Å². The largest absolute Gasteiger partial charge is 0.481 e. The average molecular weight is 228 g/mol. The summed E-state index contributed by atoms with van der Waals surface area (Å²) in [5, 5.41) is 11.9. The molecule has 4 heteroatoms. The smallest absolute Gasteiger partial charge is 0.304 e. The third kappa shape index (κ3) is 5.47. The minimum absolute atomic E-state index is 0.228. The van der Waals surface area contributed by atoms with Crippen LogP contribution < -0.4 is 5.32 Å². The maximum absolute atomic E-state index is 10.4. The van der Waals surface area contributed by atoms with Crippen LogP contribution in [0.5, 0.6) is 0 Å². The van der Waals surface area contributed by atoms with Crippen LogP contribution in [0.15, 0.2) is 0 Å². The molecule has 0 aromatic rings. The number of piperidine rings is 1. The predicted octanol–water partition coefficient (Wildman–Crippen LogP) is 1.17. The minimum atomic E-state index is -0.718. The first-order chi connectivity index (χ1) is 7.58. The Labute approximate surface area is 98.0 Å². The second-order valence-corrected chi connectivity index (χ2v) is 5.07. The topological polar surface area (TPSA) is 52.6 Å². The summed E-state index contributed by atoms with van der Waals surface area (Å²) in [5.74, 6) is 0.0151. The van der Waals surface area contributed by atoms with Crippen molar-refractivity contribution in [2.45, 2.75) is 39.2 Å². The van der Waals surface area contributed by atoms with Gasteiger partial charge in [-0.3, -0.25) is 4.79 Å². The van der Waals surface area contributed by atoms with Crippen molar-refractivity contribution in [1.29, 1.82) is 0 Å². The molecule has 0 radical (unpaired) electrons. The van der Waals surface area contributed by atoms with E-state index < -0.39 is 5.97 Å². The van der Waals surface area contributed by atoms with Crippen LogP contribution in [0.3, 0.4) is 0 Å². The average Bonchev–Trinajstić information content (AvgIpc) is 2.19. The molecule has 0 atom stereocenters. The van der Waals surface area contributed by atoms with Gasteiger partial charge in [0.1, 0.15) is 0 Å². The van der Waals surface area contributed by atoms with Crippen molar-refractivity contribution >= 4 is 5.97 Å². The molecule has 0 aliphatic carbocycles. The second kappa shape index (κ2) is 6.86. The molecule has 0 saturated carbocycles. The highest BCUT2D eigenvalue weighted by Crippen LogP contribution is 2.11. The maximum atomic E-state index is 10.4. The van der Waals surface area contributed by atoms with Gasteiger partial charge in [0.25, 0.3) is 0 Å². The lowest BCUT2D eigenvalue weighted by molar-refractivity contribution is -0.136. The molecule has 1 aliphatic heterocycles. The Morgan fingerprint density at radius 1 is 1.44 bits per heavy atom. The van der Waals surface area contributed by atoms with E-state index in [1.54, 1.807) is 0 Å². The van der Waals surface area contributed by atoms with Crippen LogP contribution >= 0.6 is 0 Å². The van der Waals surface area contributed by atoms with E-state index >= 15 is 0 Å². The standard InChI is InChI=1S/C12H24N2O2/c1-10(2)9-14-7-4-11(5-8-14)13-6-3-12(15)16/h10-11,13H,3-9H2,1-2H3,(H,15,16). The summed E-state index contributed by atoms with van der Waals surface area (Å²) in [7, 11) is 0. The summed E-state index contributed by atoms with van der Waals surface area (Å²) in [6, 6.07) is 0.516. The first kappa shape index (κ1) is 13.5. The maximum Gasteiger partial charge on any atom is 0.304 e. The number of rotatable bonds is 6. The van der Waals surface area contributed by atoms with Crippen molar-refractivity contribution in [3.8, 4) is 0 Å². The Hall–Kier alpha value is -0.610. The number of likely N-dealkylation sites (tertiary alicyclic amines) is 1. The number of carbonyl (C=O) groups is 1. The van der Waals surface area contributed by atoms with Crippen LogP contribution in [-0.2, 0) is 4.79 Å². The van der Waals surface area contributed by atoms with Gasteiger partial charge in [0.15, 0.2) is 0 Å². The molecular weight excluding hydrogens is 204 g/mol. The third-order valence-electron chi connectivity index (χ3n) is 2.98. The van der Waals surface area contributed by atoms with Crippen LogP contribution in [0.4, 0.5) is 0 Å². The van der Waals surface area contributed by atoms with E-state index in [-0.39, 0.29) is 6.42 Å². The summed E-state index contributed by atoms with van der Waals surface area (Å²) >= 11 is 0. The summed E-state index contributed by atoms with van der Waals surface area (Å²) in [6.45, 7) is 8.56. The van der Waals surface area contributed by atoms with Gasteiger partial charge in [-0.2, -0.15) is 0 Å². The molecule has 0 bridgehead atoms. The molecule has 2 N–H and O–H groups in total. The molecule has 0 spiro atoms. The Morgan fingerprint density at radius 3 is 2.56 bits per heavy atom. The van der Waals surface area contributed by atoms with E-state index in [0.29, 0.717) is 12.6 Å². The highest BCUT2D eigenvalue weighted by atomic mass is 16.4. The second-order valence-electron chi connectivity index (χ2n) is 5.07. The quantitative estimate of drug-likeness (QED) is 0.716. The van der Waals surface area contributed by atoms with Crippen molar-refractivity contribution in [1.82, 2.24) is 10.2 Å².